The van der Waals surface area contributed by atoms with Crippen molar-refractivity contribution in [2.75, 3.05) is 11.9 Å². The van der Waals surface area contributed by atoms with E-state index in [-0.39, 0.29) is 12.5 Å². The van der Waals surface area contributed by atoms with Crippen molar-refractivity contribution >= 4 is 44.8 Å². The highest BCUT2D eigenvalue weighted by Gasteiger charge is 2.08. The number of carbonyl (C=O) groups excluding carboxylic acids is 1. The minimum Gasteiger partial charge on any atom is -0.484 e. The number of halogens is 1. The third kappa shape index (κ3) is 3.94. The Bertz CT molecular complexity index is 634. The number of benzene rings is 1. The maximum atomic E-state index is 11.7. The highest BCUT2D eigenvalue weighted by atomic mass is 127. The van der Waals surface area contributed by atoms with Crippen molar-refractivity contribution < 1.29 is 9.53 Å². The van der Waals surface area contributed by atoms with Crippen molar-refractivity contribution in [3.63, 3.8) is 0 Å². The van der Waals surface area contributed by atoms with Crippen molar-refractivity contribution in [3.8, 4) is 11.8 Å². The number of amides is 1. The summed E-state index contributed by atoms with van der Waals surface area (Å²) < 4.78 is 6.42. The molecule has 96 valence electrons. The lowest BCUT2D eigenvalue weighted by Gasteiger charge is -2.06. The highest BCUT2D eigenvalue weighted by molar-refractivity contribution is 14.1. The van der Waals surface area contributed by atoms with Gasteiger partial charge < -0.3 is 10.1 Å². The Morgan fingerprint density at radius 2 is 2.32 bits per heavy atom. The zero-order valence-corrected chi connectivity index (χ0v) is 12.7. The SMILES string of the molecule is N#Cc1ccsc1NC(=O)COc1cccc(I)c1. The van der Waals surface area contributed by atoms with Crippen LogP contribution in [0, 0.1) is 14.9 Å². The van der Waals surface area contributed by atoms with Gasteiger partial charge >= 0.3 is 0 Å². The zero-order chi connectivity index (χ0) is 13.7. The van der Waals surface area contributed by atoms with Crippen LogP contribution >= 0.6 is 33.9 Å². The molecule has 6 heteroatoms. The second-order valence-corrected chi connectivity index (χ2v) is 5.73. The van der Waals surface area contributed by atoms with Gasteiger partial charge in [-0.2, -0.15) is 5.26 Å². The Hall–Kier alpha value is -1.59. The van der Waals surface area contributed by atoms with Gasteiger partial charge in [0.05, 0.1) is 5.56 Å². The van der Waals surface area contributed by atoms with Gasteiger partial charge in [-0.1, -0.05) is 6.07 Å². The Balaban J connectivity index is 1.91. The summed E-state index contributed by atoms with van der Waals surface area (Å²) in [6.45, 7) is -0.0805. The first-order valence-corrected chi connectivity index (χ1v) is 7.30. The third-order valence-corrected chi connectivity index (χ3v) is 3.71. The highest BCUT2D eigenvalue weighted by Crippen LogP contribution is 2.22. The van der Waals surface area contributed by atoms with Crippen LogP contribution in [0.1, 0.15) is 5.56 Å². The molecule has 0 saturated heterocycles. The molecule has 0 aliphatic heterocycles. The average molecular weight is 384 g/mol. The van der Waals surface area contributed by atoms with Crippen molar-refractivity contribution in [3.05, 3.63) is 44.8 Å². The predicted octanol–water partition coefficient (Wildman–Crippen LogP) is 3.24. The van der Waals surface area contributed by atoms with E-state index in [0.717, 1.165) is 3.57 Å². The van der Waals surface area contributed by atoms with Crippen LogP contribution in [-0.4, -0.2) is 12.5 Å². The summed E-state index contributed by atoms with van der Waals surface area (Å²) in [6.07, 6.45) is 0. The van der Waals surface area contributed by atoms with E-state index < -0.39 is 0 Å². The second kappa shape index (κ2) is 6.54. The number of rotatable bonds is 4. The van der Waals surface area contributed by atoms with Crippen LogP contribution in [0.15, 0.2) is 35.7 Å². The van der Waals surface area contributed by atoms with E-state index in [4.69, 9.17) is 10.00 Å². The summed E-state index contributed by atoms with van der Waals surface area (Å²) in [5.41, 5.74) is 0.465. The molecule has 19 heavy (non-hydrogen) atoms. The number of anilines is 1. The lowest BCUT2D eigenvalue weighted by molar-refractivity contribution is -0.118. The molecule has 0 saturated carbocycles. The van der Waals surface area contributed by atoms with Gasteiger partial charge in [0.1, 0.15) is 16.8 Å². The molecule has 1 aromatic carbocycles. The van der Waals surface area contributed by atoms with Crippen LogP contribution in [-0.2, 0) is 4.79 Å². The van der Waals surface area contributed by atoms with E-state index in [1.165, 1.54) is 11.3 Å². The average Bonchev–Trinajstić information content (AvgIpc) is 2.84. The number of nitrogens with one attached hydrogen (secondary N) is 1. The first kappa shape index (κ1) is 13.8. The maximum Gasteiger partial charge on any atom is 0.262 e. The Morgan fingerprint density at radius 3 is 3.05 bits per heavy atom. The fraction of sp³-hybridized carbons (Fsp3) is 0.0769. The molecule has 0 unspecified atom stereocenters. The van der Waals surface area contributed by atoms with Crippen LogP contribution in [0.2, 0.25) is 0 Å². The summed E-state index contributed by atoms with van der Waals surface area (Å²) in [7, 11) is 0. The quantitative estimate of drug-likeness (QED) is 0.824. The van der Waals surface area contributed by atoms with Gasteiger partial charge in [-0.05, 0) is 52.2 Å². The monoisotopic (exact) mass is 384 g/mol. The Labute approximate surface area is 128 Å². The van der Waals surface area contributed by atoms with E-state index in [9.17, 15) is 4.79 Å². The predicted molar refractivity (Wildman–Crippen MR) is 82.3 cm³/mol. The van der Waals surface area contributed by atoms with Crippen molar-refractivity contribution in [1.29, 1.82) is 5.26 Å². The van der Waals surface area contributed by atoms with E-state index in [0.29, 0.717) is 16.3 Å². The molecule has 0 atom stereocenters. The third-order valence-electron chi connectivity index (χ3n) is 2.20. The molecule has 1 aromatic heterocycles. The van der Waals surface area contributed by atoms with Gasteiger partial charge in [0, 0.05) is 3.57 Å². The molecule has 0 aliphatic rings. The van der Waals surface area contributed by atoms with Crippen LogP contribution in [0.4, 0.5) is 5.00 Å². The topological polar surface area (TPSA) is 62.1 Å². The lowest BCUT2D eigenvalue weighted by Crippen LogP contribution is -2.20. The lowest BCUT2D eigenvalue weighted by atomic mass is 10.3. The molecule has 0 aliphatic carbocycles. The molecule has 0 fully saturated rings. The van der Waals surface area contributed by atoms with E-state index in [1.807, 2.05) is 24.3 Å². The van der Waals surface area contributed by atoms with Gasteiger partial charge in [0.2, 0.25) is 0 Å². The molecule has 1 amide bonds. The summed E-state index contributed by atoms with van der Waals surface area (Å²) in [6, 6.07) is 11.1. The molecule has 0 radical (unpaired) electrons. The smallest absolute Gasteiger partial charge is 0.262 e. The van der Waals surface area contributed by atoms with Gasteiger partial charge in [-0.25, -0.2) is 0 Å². The summed E-state index contributed by atoms with van der Waals surface area (Å²) in [4.78, 5) is 11.7. The first-order valence-electron chi connectivity index (χ1n) is 5.35. The fourth-order valence-corrected chi connectivity index (χ4v) is 2.63. The molecule has 4 nitrogen and oxygen atoms in total. The van der Waals surface area contributed by atoms with Crippen LogP contribution in [0.25, 0.3) is 0 Å². The Morgan fingerprint density at radius 1 is 1.47 bits per heavy atom. The largest absolute Gasteiger partial charge is 0.484 e. The summed E-state index contributed by atoms with van der Waals surface area (Å²) in [5, 5.41) is 13.8. The van der Waals surface area contributed by atoms with E-state index in [2.05, 4.69) is 27.9 Å². The number of hydrogen-bond donors (Lipinski definition) is 1. The number of carbonyl (C=O) groups is 1. The minimum atomic E-state index is -0.280. The number of thiophene rings is 1. The normalized spacial score (nSPS) is 9.68. The molecule has 1 heterocycles. The van der Waals surface area contributed by atoms with Gasteiger partial charge in [-0.15, -0.1) is 11.3 Å². The van der Waals surface area contributed by atoms with Crippen molar-refractivity contribution in [2.24, 2.45) is 0 Å². The molecule has 0 spiro atoms. The maximum absolute atomic E-state index is 11.7. The number of ether oxygens (including phenoxy) is 1. The zero-order valence-electron chi connectivity index (χ0n) is 9.72. The number of nitriles is 1. The van der Waals surface area contributed by atoms with E-state index >= 15 is 0 Å². The minimum absolute atomic E-state index is 0.0805. The standard InChI is InChI=1S/C13H9IN2O2S/c14-10-2-1-3-11(6-10)18-8-12(17)16-13-9(7-15)4-5-19-13/h1-6H,8H2,(H,16,17). The molecule has 0 bridgehead atoms. The van der Waals surface area contributed by atoms with Crippen molar-refractivity contribution in [1.82, 2.24) is 0 Å². The molecule has 2 rings (SSSR count). The van der Waals surface area contributed by atoms with Gasteiger partial charge in [0.15, 0.2) is 6.61 Å². The van der Waals surface area contributed by atoms with Crippen LogP contribution in [0.3, 0.4) is 0 Å². The number of nitrogens with zero attached hydrogens (tertiary/aromatic N) is 1. The summed E-state index contributed by atoms with van der Waals surface area (Å²) in [5.74, 6) is 0.367. The second-order valence-electron chi connectivity index (χ2n) is 3.57. The van der Waals surface area contributed by atoms with Gasteiger partial charge in [0.25, 0.3) is 5.91 Å². The Kier molecular flexibility index (Phi) is 4.76. The molecule has 1 N–H and O–H groups in total. The van der Waals surface area contributed by atoms with Crippen LogP contribution < -0.4 is 10.1 Å². The van der Waals surface area contributed by atoms with Crippen LogP contribution in [0.5, 0.6) is 5.75 Å². The summed E-state index contributed by atoms with van der Waals surface area (Å²) >= 11 is 3.49. The number of hydrogen-bond acceptors (Lipinski definition) is 4. The van der Waals surface area contributed by atoms with E-state index in [1.54, 1.807) is 17.5 Å². The fourth-order valence-electron chi connectivity index (χ4n) is 1.36. The van der Waals surface area contributed by atoms with Crippen molar-refractivity contribution in [2.45, 2.75) is 0 Å². The molecular weight excluding hydrogens is 375 g/mol. The molecular formula is C13H9IN2O2S. The molecule has 2 aromatic rings. The first-order chi connectivity index (χ1) is 9.19. The van der Waals surface area contributed by atoms with Gasteiger partial charge in [-0.3, -0.25) is 4.79 Å².